The summed E-state index contributed by atoms with van der Waals surface area (Å²) in [4.78, 5) is 15.8. The van der Waals surface area contributed by atoms with E-state index in [0.717, 1.165) is 22.0 Å². The van der Waals surface area contributed by atoms with Crippen LogP contribution in [0, 0.1) is 13.8 Å². The van der Waals surface area contributed by atoms with E-state index in [-0.39, 0.29) is 5.78 Å². The van der Waals surface area contributed by atoms with Gasteiger partial charge in [0.2, 0.25) is 0 Å². The van der Waals surface area contributed by atoms with E-state index in [1.54, 1.807) is 12.3 Å². The Morgan fingerprint density at radius 2 is 1.90 bits per heavy atom. The van der Waals surface area contributed by atoms with Crippen LogP contribution in [-0.2, 0) is 0 Å². The average molecular weight is 284 g/mol. The second-order valence-electron chi connectivity index (χ2n) is 5.04. The molecule has 0 fully saturated rings. The van der Waals surface area contributed by atoms with Crippen molar-refractivity contribution >= 4 is 28.3 Å². The van der Waals surface area contributed by atoms with Crippen molar-refractivity contribution < 1.29 is 4.79 Å². The summed E-state index contributed by atoms with van der Waals surface area (Å²) in [5.74, 6) is -0.0104. The third-order valence-electron chi connectivity index (χ3n) is 3.52. The topological polar surface area (TPSA) is 32.9 Å². The second kappa shape index (κ2) is 4.80. The minimum absolute atomic E-state index is 0.0104. The molecule has 20 heavy (non-hydrogen) atoms. The number of aryl methyl sites for hydroxylation is 2. The summed E-state index contributed by atoms with van der Waals surface area (Å²) in [5, 5.41) is 1.57. The smallest absolute Gasteiger partial charge is 0.195 e. The van der Waals surface area contributed by atoms with Gasteiger partial charge in [0.25, 0.3) is 0 Å². The summed E-state index contributed by atoms with van der Waals surface area (Å²) in [6.07, 6.45) is 1.76. The normalized spacial score (nSPS) is 10.9. The van der Waals surface area contributed by atoms with Crippen molar-refractivity contribution in [1.82, 2.24) is 4.98 Å². The number of carbonyl (C=O) groups is 1. The molecule has 0 saturated heterocycles. The van der Waals surface area contributed by atoms with E-state index < -0.39 is 0 Å². The Morgan fingerprint density at radius 3 is 2.65 bits per heavy atom. The first-order chi connectivity index (χ1) is 9.56. The van der Waals surface area contributed by atoms with Crippen LogP contribution in [0.25, 0.3) is 10.9 Å². The van der Waals surface area contributed by atoms with Crippen molar-refractivity contribution in [3.05, 3.63) is 69.9 Å². The lowest BCUT2D eigenvalue weighted by molar-refractivity contribution is 0.104. The number of aromatic amines is 1. The molecule has 1 aromatic heterocycles. The Kier molecular flexibility index (Phi) is 3.11. The zero-order valence-corrected chi connectivity index (χ0v) is 12.1. The molecule has 0 aliphatic rings. The molecule has 0 bridgehead atoms. The number of aromatic nitrogens is 1. The lowest BCUT2D eigenvalue weighted by Crippen LogP contribution is -2.00. The number of hydrogen-bond acceptors (Lipinski definition) is 1. The van der Waals surface area contributed by atoms with Crippen LogP contribution < -0.4 is 0 Å². The summed E-state index contributed by atoms with van der Waals surface area (Å²) >= 11 is 6.10. The maximum atomic E-state index is 12.6. The van der Waals surface area contributed by atoms with Crippen LogP contribution in [0.2, 0.25) is 5.02 Å². The fourth-order valence-corrected chi connectivity index (χ4v) is 2.49. The van der Waals surface area contributed by atoms with Crippen LogP contribution in [0.4, 0.5) is 0 Å². The number of benzene rings is 2. The Labute approximate surface area is 122 Å². The fourth-order valence-electron chi connectivity index (χ4n) is 2.31. The predicted molar refractivity (Wildman–Crippen MR) is 82.7 cm³/mol. The molecular weight excluding hydrogens is 270 g/mol. The van der Waals surface area contributed by atoms with Crippen molar-refractivity contribution in [2.75, 3.05) is 0 Å². The summed E-state index contributed by atoms with van der Waals surface area (Å²) in [6, 6.07) is 11.5. The Balaban J connectivity index is 2.12. The first-order valence-electron chi connectivity index (χ1n) is 6.45. The van der Waals surface area contributed by atoms with Crippen molar-refractivity contribution in [3.8, 4) is 0 Å². The van der Waals surface area contributed by atoms with Crippen LogP contribution in [0.15, 0.2) is 42.6 Å². The largest absolute Gasteiger partial charge is 0.360 e. The summed E-state index contributed by atoms with van der Waals surface area (Å²) in [7, 11) is 0. The molecule has 3 heteroatoms. The van der Waals surface area contributed by atoms with Gasteiger partial charge in [0.1, 0.15) is 0 Å². The maximum absolute atomic E-state index is 12.6. The molecule has 1 N–H and O–H groups in total. The molecule has 0 saturated carbocycles. The highest BCUT2D eigenvalue weighted by atomic mass is 35.5. The molecule has 1 heterocycles. The van der Waals surface area contributed by atoms with Crippen molar-refractivity contribution in [3.63, 3.8) is 0 Å². The molecular formula is C17H14ClNO. The van der Waals surface area contributed by atoms with Gasteiger partial charge in [-0.1, -0.05) is 35.4 Å². The van der Waals surface area contributed by atoms with Crippen molar-refractivity contribution in [2.24, 2.45) is 0 Å². The molecule has 0 aliphatic heterocycles. The van der Waals surface area contributed by atoms with E-state index in [1.807, 2.05) is 44.2 Å². The van der Waals surface area contributed by atoms with Crippen LogP contribution >= 0.6 is 11.6 Å². The van der Waals surface area contributed by atoms with Gasteiger partial charge in [-0.2, -0.15) is 0 Å². The number of ketones is 1. The zero-order chi connectivity index (χ0) is 14.3. The highest BCUT2D eigenvalue weighted by molar-refractivity contribution is 6.32. The lowest BCUT2D eigenvalue weighted by Gasteiger charge is -2.03. The summed E-state index contributed by atoms with van der Waals surface area (Å²) in [6.45, 7) is 3.94. The number of H-pyrrole nitrogens is 1. The average Bonchev–Trinajstić information content (AvgIpc) is 2.84. The lowest BCUT2D eigenvalue weighted by atomic mass is 10.0. The molecule has 0 spiro atoms. The predicted octanol–water partition coefficient (Wildman–Crippen LogP) is 4.67. The molecule has 2 aromatic carbocycles. The van der Waals surface area contributed by atoms with Crippen LogP contribution in [0.1, 0.15) is 27.0 Å². The summed E-state index contributed by atoms with van der Waals surface area (Å²) in [5.41, 5.74) is 4.37. The van der Waals surface area contributed by atoms with E-state index in [0.29, 0.717) is 16.1 Å². The van der Waals surface area contributed by atoms with E-state index in [9.17, 15) is 4.79 Å². The number of fused-ring (bicyclic) bond motifs is 1. The van der Waals surface area contributed by atoms with Crippen molar-refractivity contribution in [2.45, 2.75) is 13.8 Å². The van der Waals surface area contributed by atoms with Gasteiger partial charge in [0.05, 0.1) is 0 Å². The molecule has 3 rings (SSSR count). The van der Waals surface area contributed by atoms with Gasteiger partial charge in [0, 0.05) is 33.2 Å². The SMILES string of the molecule is Cc1ccc2[nH]cc(C(=O)c3ccc(C)c(Cl)c3)c2c1. The van der Waals surface area contributed by atoms with E-state index in [1.165, 1.54) is 0 Å². The number of carbonyl (C=O) groups excluding carboxylic acids is 1. The first kappa shape index (κ1) is 12.9. The molecule has 0 unspecified atom stereocenters. The third-order valence-corrected chi connectivity index (χ3v) is 3.92. The number of nitrogens with one attached hydrogen (secondary N) is 1. The first-order valence-corrected chi connectivity index (χ1v) is 6.82. The van der Waals surface area contributed by atoms with Gasteiger partial charge < -0.3 is 4.98 Å². The molecule has 0 amide bonds. The van der Waals surface area contributed by atoms with Gasteiger partial charge in [-0.25, -0.2) is 0 Å². The maximum Gasteiger partial charge on any atom is 0.195 e. The van der Waals surface area contributed by atoms with E-state index in [2.05, 4.69) is 4.98 Å². The zero-order valence-electron chi connectivity index (χ0n) is 11.3. The Bertz CT molecular complexity index is 817. The van der Waals surface area contributed by atoms with Crippen LogP contribution in [0.5, 0.6) is 0 Å². The third kappa shape index (κ3) is 2.12. The molecule has 0 aliphatic carbocycles. The van der Waals surface area contributed by atoms with E-state index >= 15 is 0 Å². The van der Waals surface area contributed by atoms with Gasteiger partial charge >= 0.3 is 0 Å². The fraction of sp³-hybridized carbons (Fsp3) is 0.118. The van der Waals surface area contributed by atoms with Gasteiger partial charge in [-0.15, -0.1) is 0 Å². The quantitative estimate of drug-likeness (QED) is 0.681. The Morgan fingerprint density at radius 1 is 1.10 bits per heavy atom. The van der Waals surface area contributed by atoms with Gasteiger partial charge in [-0.3, -0.25) is 4.79 Å². The highest BCUT2D eigenvalue weighted by Crippen LogP contribution is 2.24. The molecule has 0 atom stereocenters. The monoisotopic (exact) mass is 283 g/mol. The minimum atomic E-state index is -0.0104. The minimum Gasteiger partial charge on any atom is -0.360 e. The molecule has 0 radical (unpaired) electrons. The molecule has 3 aromatic rings. The standard InChI is InChI=1S/C17H14ClNO/c1-10-3-6-16-13(7-10)14(9-19-16)17(20)12-5-4-11(2)15(18)8-12/h3-9,19H,1-2H3. The van der Waals surface area contributed by atoms with Crippen molar-refractivity contribution in [1.29, 1.82) is 0 Å². The number of halogens is 1. The van der Waals surface area contributed by atoms with Gasteiger partial charge in [-0.05, 0) is 37.6 Å². The van der Waals surface area contributed by atoms with Crippen LogP contribution in [0.3, 0.4) is 0 Å². The number of hydrogen-bond donors (Lipinski definition) is 1. The highest BCUT2D eigenvalue weighted by Gasteiger charge is 2.15. The Hall–Kier alpha value is -2.06. The summed E-state index contributed by atoms with van der Waals surface area (Å²) < 4.78 is 0. The molecule has 100 valence electrons. The van der Waals surface area contributed by atoms with E-state index in [4.69, 9.17) is 11.6 Å². The number of rotatable bonds is 2. The molecule has 2 nitrogen and oxygen atoms in total. The van der Waals surface area contributed by atoms with Gasteiger partial charge in [0.15, 0.2) is 5.78 Å². The van der Waals surface area contributed by atoms with Crippen LogP contribution in [-0.4, -0.2) is 10.8 Å². The second-order valence-corrected chi connectivity index (χ2v) is 5.45.